The number of aromatic nitrogens is 1. The number of ether oxygens (including phenoxy) is 1. The van der Waals surface area contributed by atoms with E-state index >= 15 is 0 Å². The van der Waals surface area contributed by atoms with Gasteiger partial charge in [-0.25, -0.2) is 9.98 Å². The molecule has 1 saturated heterocycles. The van der Waals surface area contributed by atoms with Crippen molar-refractivity contribution < 1.29 is 14.5 Å². The number of pyridine rings is 1. The van der Waals surface area contributed by atoms with Gasteiger partial charge in [0.25, 0.3) is 11.6 Å². The van der Waals surface area contributed by atoms with Crippen LogP contribution in [-0.4, -0.2) is 21.0 Å². The predicted molar refractivity (Wildman–Crippen MR) is 125 cm³/mol. The van der Waals surface area contributed by atoms with E-state index in [4.69, 9.17) is 27.9 Å². The van der Waals surface area contributed by atoms with Crippen LogP contribution in [0.3, 0.4) is 0 Å². The minimum Gasteiger partial charge on any atom is -0.439 e. The minimum atomic E-state index is -0.531. The van der Waals surface area contributed by atoms with Crippen molar-refractivity contribution in [1.82, 2.24) is 10.3 Å². The van der Waals surface area contributed by atoms with Crippen molar-refractivity contribution in [3.05, 3.63) is 91.4 Å². The van der Waals surface area contributed by atoms with E-state index in [0.717, 1.165) is 11.8 Å². The molecule has 8 nitrogen and oxygen atoms in total. The molecule has 32 heavy (non-hydrogen) atoms. The summed E-state index contributed by atoms with van der Waals surface area (Å²) >= 11 is 13.1. The Morgan fingerprint density at radius 2 is 1.88 bits per heavy atom. The fourth-order valence-corrected chi connectivity index (χ4v) is 3.73. The normalized spacial score (nSPS) is 15.8. The minimum absolute atomic E-state index is 0.117. The fourth-order valence-electron chi connectivity index (χ4n) is 2.60. The highest BCUT2D eigenvalue weighted by molar-refractivity contribution is 8.18. The fraction of sp³-hybridized carbons (Fsp3) is 0. The molecule has 1 aliphatic rings. The van der Waals surface area contributed by atoms with E-state index in [1.807, 2.05) is 0 Å². The van der Waals surface area contributed by atoms with Gasteiger partial charge in [-0.15, -0.1) is 0 Å². The highest BCUT2D eigenvalue weighted by Gasteiger charge is 2.23. The molecular weight excluding hydrogens is 475 g/mol. The molecule has 160 valence electrons. The summed E-state index contributed by atoms with van der Waals surface area (Å²) in [6, 6.07) is 14.6. The summed E-state index contributed by atoms with van der Waals surface area (Å²) < 4.78 is 5.58. The van der Waals surface area contributed by atoms with Crippen molar-refractivity contribution in [2.75, 3.05) is 0 Å². The van der Waals surface area contributed by atoms with Crippen LogP contribution in [0.5, 0.6) is 11.6 Å². The zero-order chi connectivity index (χ0) is 22.7. The highest BCUT2D eigenvalue weighted by atomic mass is 35.5. The molecule has 1 N–H and O–H groups in total. The topological polar surface area (TPSA) is 107 Å². The van der Waals surface area contributed by atoms with Crippen LogP contribution in [0.2, 0.25) is 10.0 Å². The number of nitrogens with zero attached hydrogens (tertiary/aromatic N) is 3. The average molecular weight is 487 g/mol. The molecular formula is C21H12Cl2N4O4S. The Hall–Kier alpha value is -3.40. The van der Waals surface area contributed by atoms with Crippen molar-refractivity contribution in [3.8, 4) is 11.6 Å². The van der Waals surface area contributed by atoms with Crippen LogP contribution in [0.15, 0.2) is 70.7 Å². The summed E-state index contributed by atoms with van der Waals surface area (Å²) in [5.74, 6) is 0.471. The second-order valence-electron chi connectivity index (χ2n) is 6.36. The maximum absolute atomic E-state index is 12.3. The molecule has 0 saturated carbocycles. The first-order valence-corrected chi connectivity index (χ1v) is 10.6. The number of hydrogen-bond acceptors (Lipinski definition) is 7. The number of nitro groups is 1. The molecule has 4 rings (SSSR count). The first kappa shape index (κ1) is 21.8. The molecule has 0 atom stereocenters. The Labute approximate surface area is 196 Å². The van der Waals surface area contributed by atoms with Gasteiger partial charge in [0.2, 0.25) is 5.88 Å². The van der Waals surface area contributed by atoms with Crippen LogP contribution in [0.1, 0.15) is 5.56 Å². The summed E-state index contributed by atoms with van der Waals surface area (Å²) in [5.41, 5.74) is 1.24. The van der Waals surface area contributed by atoms with Crippen LogP contribution < -0.4 is 10.1 Å². The van der Waals surface area contributed by atoms with Crippen LogP contribution in [0, 0.1) is 10.1 Å². The largest absolute Gasteiger partial charge is 0.439 e. The number of amides is 1. The monoisotopic (exact) mass is 486 g/mol. The van der Waals surface area contributed by atoms with Crippen molar-refractivity contribution in [2.45, 2.75) is 0 Å². The number of hydrogen-bond donors (Lipinski definition) is 1. The average Bonchev–Trinajstić information content (AvgIpc) is 3.11. The molecule has 1 amide bonds. The molecule has 2 heterocycles. The Bertz CT molecular complexity index is 1260. The van der Waals surface area contributed by atoms with Crippen molar-refractivity contribution in [3.63, 3.8) is 0 Å². The third-order valence-electron chi connectivity index (χ3n) is 4.12. The van der Waals surface area contributed by atoms with Gasteiger partial charge in [0.15, 0.2) is 5.17 Å². The molecule has 1 aromatic heterocycles. The number of carbonyl (C=O) groups is 1. The predicted octanol–water partition coefficient (Wildman–Crippen LogP) is 5.98. The van der Waals surface area contributed by atoms with E-state index in [9.17, 15) is 14.9 Å². The van der Waals surface area contributed by atoms with E-state index in [1.165, 1.54) is 23.9 Å². The number of carbonyl (C=O) groups excluding carboxylic acids is 1. The Balaban J connectivity index is 1.44. The summed E-state index contributed by atoms with van der Waals surface area (Å²) in [4.78, 5) is 31.2. The Morgan fingerprint density at radius 3 is 2.53 bits per heavy atom. The number of aliphatic imine (C=N–C) groups is 1. The quantitative estimate of drug-likeness (QED) is 0.270. The maximum atomic E-state index is 12.3. The van der Waals surface area contributed by atoms with E-state index < -0.39 is 4.92 Å². The van der Waals surface area contributed by atoms with Gasteiger partial charge in [-0.3, -0.25) is 14.9 Å². The van der Waals surface area contributed by atoms with Gasteiger partial charge in [0, 0.05) is 12.1 Å². The molecule has 0 unspecified atom stereocenters. The van der Waals surface area contributed by atoms with Crippen LogP contribution >= 0.6 is 35.0 Å². The van der Waals surface area contributed by atoms with Gasteiger partial charge in [-0.2, -0.15) is 0 Å². The van der Waals surface area contributed by atoms with E-state index in [1.54, 1.807) is 48.5 Å². The number of thioether (sulfide) groups is 1. The molecule has 2 aromatic carbocycles. The third kappa shape index (κ3) is 5.25. The zero-order valence-corrected chi connectivity index (χ0v) is 18.3. The van der Waals surface area contributed by atoms with Crippen molar-refractivity contribution in [2.24, 2.45) is 4.99 Å². The van der Waals surface area contributed by atoms with Crippen molar-refractivity contribution in [1.29, 1.82) is 0 Å². The summed E-state index contributed by atoms with van der Waals surface area (Å²) in [6.45, 7) is 0. The third-order valence-corrected chi connectivity index (χ3v) is 5.77. The molecule has 3 aromatic rings. The number of nitrogens with one attached hydrogen (secondary N) is 1. The van der Waals surface area contributed by atoms with Crippen LogP contribution in [0.25, 0.3) is 6.08 Å². The van der Waals surface area contributed by atoms with E-state index in [2.05, 4.69) is 15.3 Å². The van der Waals surface area contributed by atoms with Gasteiger partial charge in [-0.1, -0.05) is 35.3 Å². The van der Waals surface area contributed by atoms with Gasteiger partial charge in [0.05, 0.1) is 25.6 Å². The van der Waals surface area contributed by atoms with Gasteiger partial charge >= 0.3 is 0 Å². The van der Waals surface area contributed by atoms with Crippen LogP contribution in [0.4, 0.5) is 11.4 Å². The molecule has 11 heteroatoms. The Morgan fingerprint density at radius 1 is 1.09 bits per heavy atom. The van der Waals surface area contributed by atoms with Crippen molar-refractivity contribution >= 4 is 63.5 Å². The lowest BCUT2D eigenvalue weighted by atomic mass is 10.2. The lowest BCUT2D eigenvalue weighted by Crippen LogP contribution is -2.19. The molecule has 1 fully saturated rings. The molecule has 0 spiro atoms. The van der Waals surface area contributed by atoms with Gasteiger partial charge < -0.3 is 10.1 Å². The van der Waals surface area contributed by atoms with Crippen LogP contribution in [-0.2, 0) is 4.79 Å². The number of benzene rings is 2. The number of rotatable bonds is 5. The lowest BCUT2D eigenvalue weighted by Gasteiger charge is -2.04. The van der Waals surface area contributed by atoms with E-state index in [-0.39, 0.29) is 17.5 Å². The second kappa shape index (κ2) is 9.39. The summed E-state index contributed by atoms with van der Waals surface area (Å²) in [7, 11) is 0. The smallest absolute Gasteiger partial charge is 0.287 e. The SMILES string of the molecule is O=C1NC(=Nc2ccc(Cl)c(Cl)c2)S/C1=C\c1ccc(Oc2ccc([N+](=O)[O-])cn2)cc1. The first-order chi connectivity index (χ1) is 15.4. The molecule has 0 bridgehead atoms. The molecule has 0 aliphatic carbocycles. The maximum Gasteiger partial charge on any atom is 0.287 e. The van der Waals surface area contributed by atoms with Gasteiger partial charge in [-0.05, 0) is 53.7 Å². The highest BCUT2D eigenvalue weighted by Crippen LogP contribution is 2.31. The Kier molecular flexibility index (Phi) is 6.40. The standard InChI is InChI=1S/C21H12Cl2N4O4S/c22-16-7-3-13(10-17(16)23)25-21-26-20(28)18(32-21)9-12-1-5-15(6-2-12)31-19-8-4-14(11-24-19)27(29)30/h1-11H,(H,25,26,28)/b18-9-. The summed E-state index contributed by atoms with van der Waals surface area (Å²) in [5, 5.41) is 14.6. The zero-order valence-electron chi connectivity index (χ0n) is 16.0. The second-order valence-corrected chi connectivity index (χ2v) is 8.21. The van der Waals surface area contributed by atoms with E-state index in [0.29, 0.717) is 31.6 Å². The molecule has 1 aliphatic heterocycles. The lowest BCUT2D eigenvalue weighted by molar-refractivity contribution is -0.385. The number of halogens is 2. The first-order valence-electron chi connectivity index (χ1n) is 9.00. The summed E-state index contributed by atoms with van der Waals surface area (Å²) in [6.07, 6.45) is 2.85. The molecule has 0 radical (unpaired) electrons. The van der Waals surface area contributed by atoms with Gasteiger partial charge in [0.1, 0.15) is 11.9 Å². The number of amidine groups is 1.